The van der Waals surface area contributed by atoms with Crippen LogP contribution in [0.2, 0.25) is 10.0 Å². The molecule has 23 heavy (non-hydrogen) atoms. The fraction of sp³-hybridized carbons (Fsp3) is 0.500. The van der Waals surface area contributed by atoms with E-state index in [9.17, 15) is 4.79 Å². The SMILES string of the molecule is CC1CCN(NC(=O)C2=NN(c3ccc(Cl)cc3Cl)CC2)CC1. The first-order valence-corrected chi connectivity index (χ1v) is 8.64. The van der Waals surface area contributed by atoms with E-state index in [4.69, 9.17) is 23.2 Å². The second-order valence-electron chi connectivity index (χ2n) is 6.13. The highest BCUT2D eigenvalue weighted by Crippen LogP contribution is 2.30. The Balaban J connectivity index is 1.63. The van der Waals surface area contributed by atoms with Crippen molar-refractivity contribution >= 4 is 40.5 Å². The average Bonchev–Trinajstić information content (AvgIpc) is 2.99. The normalized spacial score (nSPS) is 19.8. The van der Waals surface area contributed by atoms with E-state index in [1.165, 1.54) is 0 Å². The van der Waals surface area contributed by atoms with Crippen molar-refractivity contribution in [3.8, 4) is 0 Å². The number of amides is 1. The molecule has 1 aromatic rings. The lowest BCUT2D eigenvalue weighted by molar-refractivity contribution is -0.120. The van der Waals surface area contributed by atoms with Crippen molar-refractivity contribution in [2.24, 2.45) is 11.0 Å². The van der Waals surface area contributed by atoms with Crippen LogP contribution < -0.4 is 10.4 Å². The second kappa shape index (κ2) is 7.07. The molecule has 0 saturated carbocycles. The first-order chi connectivity index (χ1) is 11.0. The van der Waals surface area contributed by atoms with Gasteiger partial charge in [0, 0.05) is 31.1 Å². The number of hydrazone groups is 1. The van der Waals surface area contributed by atoms with E-state index in [2.05, 4.69) is 17.5 Å². The Labute approximate surface area is 146 Å². The largest absolute Gasteiger partial charge is 0.284 e. The number of nitrogens with one attached hydrogen (secondary N) is 1. The fourth-order valence-corrected chi connectivity index (χ4v) is 3.32. The van der Waals surface area contributed by atoms with E-state index in [-0.39, 0.29) is 5.91 Å². The first kappa shape index (κ1) is 16.6. The zero-order valence-electron chi connectivity index (χ0n) is 13.1. The summed E-state index contributed by atoms with van der Waals surface area (Å²) < 4.78 is 0. The molecule has 1 fully saturated rings. The van der Waals surface area contributed by atoms with Gasteiger partial charge < -0.3 is 0 Å². The highest BCUT2D eigenvalue weighted by molar-refractivity contribution is 6.40. The van der Waals surface area contributed by atoms with E-state index < -0.39 is 0 Å². The third-order valence-corrected chi connectivity index (χ3v) is 4.83. The maximum atomic E-state index is 12.3. The predicted molar refractivity (Wildman–Crippen MR) is 94.0 cm³/mol. The molecule has 5 nitrogen and oxygen atoms in total. The number of carbonyl (C=O) groups is 1. The number of hydrogen-bond donors (Lipinski definition) is 1. The van der Waals surface area contributed by atoms with Crippen molar-refractivity contribution in [1.29, 1.82) is 0 Å². The summed E-state index contributed by atoms with van der Waals surface area (Å²) in [5, 5.41) is 9.28. The van der Waals surface area contributed by atoms with Crippen LogP contribution in [0.1, 0.15) is 26.2 Å². The van der Waals surface area contributed by atoms with E-state index in [1.807, 2.05) is 11.1 Å². The molecule has 0 aliphatic carbocycles. The van der Waals surface area contributed by atoms with E-state index >= 15 is 0 Å². The van der Waals surface area contributed by atoms with Gasteiger partial charge >= 0.3 is 0 Å². The van der Waals surface area contributed by atoms with Crippen LogP contribution in [0.5, 0.6) is 0 Å². The quantitative estimate of drug-likeness (QED) is 0.905. The Bertz CT molecular complexity index is 627. The number of benzene rings is 1. The molecular weight excluding hydrogens is 335 g/mol. The van der Waals surface area contributed by atoms with Crippen molar-refractivity contribution in [2.45, 2.75) is 26.2 Å². The number of halogens is 2. The molecule has 7 heteroatoms. The lowest BCUT2D eigenvalue weighted by Gasteiger charge is -2.30. The topological polar surface area (TPSA) is 47.9 Å². The summed E-state index contributed by atoms with van der Waals surface area (Å²) in [6.45, 7) is 4.68. The molecule has 2 aliphatic rings. The molecule has 3 rings (SSSR count). The van der Waals surface area contributed by atoms with Gasteiger partial charge in [0.1, 0.15) is 5.71 Å². The van der Waals surface area contributed by atoms with Crippen molar-refractivity contribution in [3.63, 3.8) is 0 Å². The van der Waals surface area contributed by atoms with Gasteiger partial charge in [-0.1, -0.05) is 30.1 Å². The summed E-state index contributed by atoms with van der Waals surface area (Å²) in [5.41, 5.74) is 4.27. The summed E-state index contributed by atoms with van der Waals surface area (Å²) in [7, 11) is 0. The van der Waals surface area contributed by atoms with Gasteiger partial charge in [0.25, 0.3) is 5.91 Å². The number of hydrazine groups is 1. The van der Waals surface area contributed by atoms with E-state index in [0.717, 1.165) is 37.5 Å². The molecule has 2 aliphatic heterocycles. The molecule has 0 unspecified atom stereocenters. The molecule has 2 heterocycles. The molecule has 1 saturated heterocycles. The van der Waals surface area contributed by atoms with Crippen molar-refractivity contribution < 1.29 is 4.79 Å². The van der Waals surface area contributed by atoms with Crippen LogP contribution in [0, 0.1) is 5.92 Å². The summed E-state index contributed by atoms with van der Waals surface area (Å²) in [4.78, 5) is 12.3. The number of piperidine rings is 1. The molecule has 0 radical (unpaired) electrons. The van der Waals surface area contributed by atoms with Gasteiger partial charge in [0.05, 0.1) is 10.7 Å². The van der Waals surface area contributed by atoms with Crippen molar-refractivity contribution in [3.05, 3.63) is 28.2 Å². The standard InChI is InChI=1S/C16H20Cl2N4O/c1-11-4-7-21(8-5-11)20-16(23)14-6-9-22(19-14)15-3-2-12(17)10-13(15)18/h2-3,10-11H,4-9H2,1H3,(H,20,23). The predicted octanol–water partition coefficient (Wildman–Crippen LogP) is 3.32. The van der Waals surface area contributed by atoms with Gasteiger partial charge in [0.15, 0.2) is 0 Å². The highest BCUT2D eigenvalue weighted by atomic mass is 35.5. The number of rotatable bonds is 3. The second-order valence-corrected chi connectivity index (χ2v) is 6.97. The molecule has 124 valence electrons. The monoisotopic (exact) mass is 354 g/mol. The van der Waals surface area contributed by atoms with Gasteiger partial charge in [-0.25, -0.2) is 5.01 Å². The molecular formula is C16H20Cl2N4O. The minimum Gasteiger partial charge on any atom is -0.284 e. The van der Waals surface area contributed by atoms with Crippen molar-refractivity contribution in [2.75, 3.05) is 24.6 Å². The first-order valence-electron chi connectivity index (χ1n) is 7.89. The van der Waals surface area contributed by atoms with E-state index in [1.54, 1.807) is 17.1 Å². The molecule has 1 amide bonds. The Morgan fingerprint density at radius 1 is 1.26 bits per heavy atom. The third-order valence-electron chi connectivity index (χ3n) is 4.30. The number of carbonyl (C=O) groups excluding carboxylic acids is 1. The Morgan fingerprint density at radius 2 is 2.00 bits per heavy atom. The molecule has 0 atom stereocenters. The van der Waals surface area contributed by atoms with E-state index in [0.29, 0.717) is 28.7 Å². The van der Waals surface area contributed by atoms with Crippen LogP contribution in [0.15, 0.2) is 23.3 Å². The third kappa shape index (κ3) is 3.97. The van der Waals surface area contributed by atoms with Crippen LogP contribution in [0.25, 0.3) is 0 Å². The summed E-state index contributed by atoms with van der Waals surface area (Å²) in [5.74, 6) is 0.613. The summed E-state index contributed by atoms with van der Waals surface area (Å²) in [6.07, 6.45) is 2.83. The fourth-order valence-electron chi connectivity index (χ4n) is 2.81. The maximum Gasteiger partial charge on any atom is 0.281 e. The van der Waals surface area contributed by atoms with Gasteiger partial charge in [0.2, 0.25) is 0 Å². The smallest absolute Gasteiger partial charge is 0.281 e. The molecule has 1 aromatic carbocycles. The van der Waals surface area contributed by atoms with Gasteiger partial charge in [-0.05, 0) is 37.0 Å². The average molecular weight is 355 g/mol. The molecule has 1 N–H and O–H groups in total. The summed E-state index contributed by atoms with van der Waals surface area (Å²) >= 11 is 12.1. The number of nitrogens with zero attached hydrogens (tertiary/aromatic N) is 3. The minimum atomic E-state index is -0.118. The van der Waals surface area contributed by atoms with Crippen LogP contribution in [0.4, 0.5) is 5.69 Å². The molecule has 0 spiro atoms. The molecule has 0 bridgehead atoms. The summed E-state index contributed by atoms with van der Waals surface area (Å²) in [6, 6.07) is 5.27. The number of anilines is 1. The number of hydrogen-bond acceptors (Lipinski definition) is 4. The maximum absolute atomic E-state index is 12.3. The van der Waals surface area contributed by atoms with Gasteiger partial charge in [-0.2, -0.15) is 5.10 Å². The Morgan fingerprint density at radius 3 is 2.70 bits per heavy atom. The van der Waals surface area contributed by atoms with Gasteiger partial charge in [-0.15, -0.1) is 0 Å². The van der Waals surface area contributed by atoms with Crippen molar-refractivity contribution in [1.82, 2.24) is 10.4 Å². The minimum absolute atomic E-state index is 0.118. The van der Waals surface area contributed by atoms with Crippen LogP contribution in [0.3, 0.4) is 0 Å². The lowest BCUT2D eigenvalue weighted by Crippen LogP contribution is -2.48. The van der Waals surface area contributed by atoms with Crippen LogP contribution in [-0.2, 0) is 4.79 Å². The van der Waals surface area contributed by atoms with Crippen LogP contribution >= 0.6 is 23.2 Å². The molecule has 0 aromatic heterocycles. The zero-order valence-corrected chi connectivity index (χ0v) is 14.6. The Kier molecular flexibility index (Phi) is 5.09. The highest BCUT2D eigenvalue weighted by Gasteiger charge is 2.25. The van der Waals surface area contributed by atoms with Gasteiger partial charge in [-0.3, -0.25) is 15.2 Å². The zero-order chi connectivity index (χ0) is 16.4. The Hall–Kier alpha value is -1.30. The lowest BCUT2D eigenvalue weighted by atomic mass is 10.0. The van der Waals surface area contributed by atoms with Crippen LogP contribution in [-0.4, -0.2) is 36.3 Å².